The van der Waals surface area contributed by atoms with Gasteiger partial charge in [-0.05, 0) is 42.0 Å². The largest absolute Gasteiger partial charge is 0.489 e. The summed E-state index contributed by atoms with van der Waals surface area (Å²) in [7, 11) is 0. The zero-order valence-electron chi connectivity index (χ0n) is 11.2. The number of rotatable bonds is 4. The van der Waals surface area contributed by atoms with Gasteiger partial charge in [0.15, 0.2) is 0 Å². The van der Waals surface area contributed by atoms with E-state index in [0.717, 1.165) is 5.56 Å². The summed E-state index contributed by atoms with van der Waals surface area (Å²) in [5.74, 6) is -1.54. The fourth-order valence-electron chi connectivity index (χ4n) is 1.58. The minimum Gasteiger partial charge on any atom is -0.489 e. The first-order valence-corrected chi connectivity index (χ1v) is 6.58. The summed E-state index contributed by atoms with van der Waals surface area (Å²) in [6, 6.07) is 12.7. The number of hydrogen-bond donors (Lipinski definition) is 1. The van der Waals surface area contributed by atoms with Crippen molar-refractivity contribution in [2.24, 2.45) is 0 Å². The van der Waals surface area contributed by atoms with Crippen LogP contribution in [0.4, 0.5) is 18.9 Å². The summed E-state index contributed by atoms with van der Waals surface area (Å²) in [6.45, 7) is 0.297. The number of amides is 1. The van der Waals surface area contributed by atoms with Crippen LogP contribution in [-0.4, -0.2) is 12.1 Å². The molecule has 0 radical (unpaired) electrons. The summed E-state index contributed by atoms with van der Waals surface area (Å²) < 4.78 is 41.8. The lowest BCUT2D eigenvalue weighted by Crippen LogP contribution is -2.29. The molecule has 0 bridgehead atoms. The van der Waals surface area contributed by atoms with E-state index in [2.05, 4.69) is 0 Å². The summed E-state index contributed by atoms with van der Waals surface area (Å²) in [4.78, 5) is 10.8. The molecule has 3 nitrogen and oxygen atoms in total. The number of alkyl halides is 3. The van der Waals surface area contributed by atoms with Crippen LogP contribution in [0.5, 0.6) is 5.75 Å². The lowest BCUT2D eigenvalue weighted by molar-refractivity contribution is -0.167. The van der Waals surface area contributed by atoms with Gasteiger partial charge < -0.3 is 10.1 Å². The molecule has 0 unspecified atom stereocenters. The third kappa shape index (κ3) is 4.66. The van der Waals surface area contributed by atoms with Gasteiger partial charge >= 0.3 is 12.1 Å². The second-order valence-corrected chi connectivity index (χ2v) is 4.83. The number of carbonyl (C=O) groups is 1. The van der Waals surface area contributed by atoms with Crippen LogP contribution in [0.2, 0.25) is 5.02 Å². The number of anilines is 1. The van der Waals surface area contributed by atoms with Gasteiger partial charge in [0, 0.05) is 10.7 Å². The Balaban J connectivity index is 1.92. The fraction of sp³-hybridized carbons (Fsp3) is 0.133. The smallest absolute Gasteiger partial charge is 0.471 e. The van der Waals surface area contributed by atoms with Gasteiger partial charge in [-0.15, -0.1) is 0 Å². The number of nitrogens with one attached hydrogen (secondary N) is 1. The summed E-state index contributed by atoms with van der Waals surface area (Å²) in [5, 5.41) is 2.37. The first kappa shape index (κ1) is 16.2. The van der Waals surface area contributed by atoms with Gasteiger partial charge in [0.25, 0.3) is 0 Å². The van der Waals surface area contributed by atoms with Crippen molar-refractivity contribution in [3.63, 3.8) is 0 Å². The quantitative estimate of drug-likeness (QED) is 0.901. The summed E-state index contributed by atoms with van der Waals surface area (Å²) in [5.41, 5.74) is 0.944. The molecule has 116 valence electrons. The van der Waals surface area contributed by atoms with Crippen molar-refractivity contribution in [3.8, 4) is 5.75 Å². The van der Waals surface area contributed by atoms with E-state index in [-0.39, 0.29) is 5.69 Å². The molecule has 0 saturated heterocycles. The first-order chi connectivity index (χ1) is 10.3. The standard InChI is InChI=1S/C15H11ClF3NO2/c16-11-3-1-10(2-4-11)9-22-13-7-5-12(6-8-13)20-14(21)15(17,18)19/h1-8H,9H2,(H,20,21). The van der Waals surface area contributed by atoms with Crippen LogP contribution in [0.1, 0.15) is 5.56 Å². The lowest BCUT2D eigenvalue weighted by Gasteiger charge is -2.09. The Labute approximate surface area is 129 Å². The van der Waals surface area contributed by atoms with E-state index in [1.807, 2.05) is 0 Å². The van der Waals surface area contributed by atoms with Crippen LogP contribution in [0.25, 0.3) is 0 Å². The summed E-state index contributed by atoms with van der Waals surface area (Å²) >= 11 is 5.76. The van der Waals surface area contributed by atoms with Crippen molar-refractivity contribution in [1.29, 1.82) is 0 Å². The zero-order valence-corrected chi connectivity index (χ0v) is 11.9. The molecule has 0 heterocycles. The van der Waals surface area contributed by atoms with Crippen LogP contribution in [0.3, 0.4) is 0 Å². The van der Waals surface area contributed by atoms with E-state index in [4.69, 9.17) is 16.3 Å². The van der Waals surface area contributed by atoms with Crippen molar-refractivity contribution in [1.82, 2.24) is 0 Å². The van der Waals surface area contributed by atoms with Gasteiger partial charge in [-0.1, -0.05) is 23.7 Å². The number of halogens is 4. The van der Waals surface area contributed by atoms with Crippen LogP contribution >= 0.6 is 11.6 Å². The Morgan fingerprint density at radius 1 is 1.05 bits per heavy atom. The average Bonchev–Trinajstić information content (AvgIpc) is 2.47. The monoisotopic (exact) mass is 329 g/mol. The van der Waals surface area contributed by atoms with Crippen molar-refractivity contribution >= 4 is 23.2 Å². The molecule has 0 atom stereocenters. The Morgan fingerprint density at radius 3 is 2.18 bits per heavy atom. The molecule has 0 spiro atoms. The van der Waals surface area contributed by atoms with Crippen molar-refractivity contribution in [2.45, 2.75) is 12.8 Å². The third-order valence-electron chi connectivity index (χ3n) is 2.69. The molecule has 2 aromatic carbocycles. The molecule has 0 fully saturated rings. The number of carbonyl (C=O) groups excluding carboxylic acids is 1. The zero-order chi connectivity index (χ0) is 16.2. The van der Waals surface area contributed by atoms with Crippen molar-refractivity contribution < 1.29 is 22.7 Å². The van der Waals surface area contributed by atoms with Gasteiger partial charge in [-0.3, -0.25) is 4.79 Å². The molecule has 0 aliphatic heterocycles. The molecule has 2 aromatic rings. The lowest BCUT2D eigenvalue weighted by atomic mass is 10.2. The number of ether oxygens (including phenoxy) is 1. The summed E-state index contributed by atoms with van der Waals surface area (Å²) in [6.07, 6.45) is -4.91. The molecule has 22 heavy (non-hydrogen) atoms. The molecule has 0 saturated carbocycles. The first-order valence-electron chi connectivity index (χ1n) is 6.20. The van der Waals surface area contributed by atoms with Crippen LogP contribution in [-0.2, 0) is 11.4 Å². The van der Waals surface area contributed by atoms with E-state index in [0.29, 0.717) is 17.4 Å². The highest BCUT2D eigenvalue weighted by atomic mass is 35.5. The van der Waals surface area contributed by atoms with Gasteiger partial charge in [0.2, 0.25) is 0 Å². The van der Waals surface area contributed by atoms with Gasteiger partial charge in [0.05, 0.1) is 0 Å². The number of benzene rings is 2. The normalized spacial score (nSPS) is 11.1. The topological polar surface area (TPSA) is 38.3 Å². The highest BCUT2D eigenvalue weighted by molar-refractivity contribution is 6.30. The predicted molar refractivity (Wildman–Crippen MR) is 76.9 cm³/mol. The Morgan fingerprint density at radius 2 is 1.64 bits per heavy atom. The van der Waals surface area contributed by atoms with Gasteiger partial charge in [-0.2, -0.15) is 13.2 Å². The Kier molecular flexibility index (Phi) is 4.92. The maximum absolute atomic E-state index is 12.1. The second-order valence-electron chi connectivity index (χ2n) is 4.39. The van der Waals surface area contributed by atoms with E-state index in [9.17, 15) is 18.0 Å². The highest BCUT2D eigenvalue weighted by Crippen LogP contribution is 2.21. The third-order valence-corrected chi connectivity index (χ3v) is 2.94. The second kappa shape index (κ2) is 6.70. The minimum atomic E-state index is -4.91. The molecular formula is C15H11ClF3NO2. The Bertz CT molecular complexity index is 639. The van der Waals surface area contributed by atoms with Gasteiger partial charge in [0.1, 0.15) is 12.4 Å². The highest BCUT2D eigenvalue weighted by Gasteiger charge is 2.38. The number of hydrogen-bond acceptors (Lipinski definition) is 2. The van der Waals surface area contributed by atoms with E-state index < -0.39 is 12.1 Å². The maximum atomic E-state index is 12.1. The average molecular weight is 330 g/mol. The SMILES string of the molecule is O=C(Nc1ccc(OCc2ccc(Cl)cc2)cc1)C(F)(F)F. The molecule has 0 aromatic heterocycles. The van der Waals surface area contributed by atoms with E-state index in [1.54, 1.807) is 29.6 Å². The Hall–Kier alpha value is -2.21. The van der Waals surface area contributed by atoms with Crippen LogP contribution < -0.4 is 10.1 Å². The predicted octanol–water partition coefficient (Wildman–Crippen LogP) is 4.42. The van der Waals surface area contributed by atoms with Crippen molar-refractivity contribution in [3.05, 3.63) is 59.1 Å². The van der Waals surface area contributed by atoms with Gasteiger partial charge in [-0.25, -0.2) is 0 Å². The molecule has 7 heteroatoms. The molecule has 1 N–H and O–H groups in total. The molecule has 2 rings (SSSR count). The minimum absolute atomic E-state index is 0.0427. The van der Waals surface area contributed by atoms with Crippen LogP contribution in [0.15, 0.2) is 48.5 Å². The van der Waals surface area contributed by atoms with E-state index >= 15 is 0 Å². The van der Waals surface area contributed by atoms with Crippen molar-refractivity contribution in [2.75, 3.05) is 5.32 Å². The fourth-order valence-corrected chi connectivity index (χ4v) is 1.71. The molecule has 0 aliphatic rings. The maximum Gasteiger partial charge on any atom is 0.471 e. The molecule has 0 aliphatic carbocycles. The molecule has 1 amide bonds. The van der Waals surface area contributed by atoms with Crippen LogP contribution in [0, 0.1) is 0 Å². The van der Waals surface area contributed by atoms with E-state index in [1.165, 1.54) is 24.3 Å². The molecular weight excluding hydrogens is 319 g/mol.